The van der Waals surface area contributed by atoms with Gasteiger partial charge in [-0.15, -0.1) is 0 Å². The van der Waals surface area contributed by atoms with Gasteiger partial charge in [0.15, 0.2) is 0 Å². The van der Waals surface area contributed by atoms with Crippen molar-refractivity contribution in [3.63, 3.8) is 0 Å². The fraction of sp³-hybridized carbons (Fsp3) is 0.865. The summed E-state index contributed by atoms with van der Waals surface area (Å²) in [5, 5.41) is 0. The minimum atomic E-state index is 0.0511. The van der Waals surface area contributed by atoms with Crippen LogP contribution in [0.3, 0.4) is 0 Å². The Hall–Kier alpha value is -1.25. The summed E-state index contributed by atoms with van der Waals surface area (Å²) in [4.78, 5) is 12.7. The predicted octanol–water partition coefficient (Wildman–Crippen LogP) is 10.9. The Morgan fingerprint density at radius 3 is 2.27 bits per heavy atom. The van der Waals surface area contributed by atoms with Crippen LogP contribution < -0.4 is 0 Å². The third kappa shape index (κ3) is 6.39. The van der Waals surface area contributed by atoms with Crippen molar-refractivity contribution in [2.75, 3.05) is 6.61 Å². The molecule has 4 aliphatic carbocycles. The minimum absolute atomic E-state index is 0.0511. The van der Waals surface area contributed by atoms with Gasteiger partial charge in [0, 0.05) is 18.3 Å². The van der Waals surface area contributed by atoms with E-state index < -0.39 is 0 Å². The molecule has 2 unspecified atom stereocenters. The number of hydrogen-bond acceptors (Lipinski definition) is 3. The number of esters is 1. The zero-order valence-electron chi connectivity index (χ0n) is 26.4. The van der Waals surface area contributed by atoms with Crippen molar-refractivity contribution < 1.29 is 13.9 Å². The summed E-state index contributed by atoms with van der Waals surface area (Å²) in [6.45, 7) is 8.01. The molecular weight excluding hydrogens is 492 g/mol. The van der Waals surface area contributed by atoms with E-state index in [1.807, 2.05) is 6.26 Å². The van der Waals surface area contributed by atoms with Crippen molar-refractivity contribution in [2.24, 2.45) is 28.1 Å². The zero-order valence-corrected chi connectivity index (χ0v) is 26.4. The number of aryl methyl sites for hydroxylation is 1. The summed E-state index contributed by atoms with van der Waals surface area (Å²) < 4.78 is 11.9. The molecular formula is C37H60O3. The standard InChI is InChI=1S/C37H60O3/c1-4-5-6-7-8-9-10-11-12-13-14-15-16-17-34(38)40-28-35(2)27-37-24-20-31-30-22-25-39-32(30)21-23-36(31,3)33(37)19-18-29(35)26-37/h22,25,29,31,33H,4-21,23-24,26-28H2,1-3H3/t29-,31?,33?,35-,36-,37+/m1/s1. The highest BCUT2D eigenvalue weighted by Gasteiger charge is 2.65. The van der Waals surface area contributed by atoms with Gasteiger partial charge in [-0.25, -0.2) is 0 Å². The number of carbonyl (C=O) groups excluding carboxylic acids is 1. The molecule has 1 aromatic rings. The number of hydrogen-bond donors (Lipinski definition) is 0. The van der Waals surface area contributed by atoms with Crippen LogP contribution in [0.25, 0.3) is 0 Å². The third-order valence-corrected chi connectivity index (χ3v) is 12.6. The van der Waals surface area contributed by atoms with Gasteiger partial charge >= 0.3 is 5.97 Å². The van der Waals surface area contributed by atoms with E-state index in [0.717, 1.165) is 24.7 Å². The monoisotopic (exact) mass is 552 g/mol. The summed E-state index contributed by atoms with van der Waals surface area (Å²) in [5.74, 6) is 3.52. The zero-order chi connectivity index (χ0) is 28.1. The second kappa shape index (κ2) is 13.4. The summed E-state index contributed by atoms with van der Waals surface area (Å²) >= 11 is 0. The smallest absolute Gasteiger partial charge is 0.305 e. The lowest BCUT2D eigenvalue weighted by Crippen LogP contribution is -2.50. The van der Waals surface area contributed by atoms with Gasteiger partial charge in [-0.1, -0.05) is 97.8 Å². The molecule has 0 N–H and O–H groups in total. The molecule has 3 heteroatoms. The quantitative estimate of drug-likeness (QED) is 0.151. The first-order valence-corrected chi connectivity index (χ1v) is 17.6. The Labute approximate surface area is 246 Å². The molecule has 0 aromatic carbocycles. The van der Waals surface area contributed by atoms with E-state index in [4.69, 9.17) is 9.15 Å². The van der Waals surface area contributed by atoms with Gasteiger partial charge in [-0.3, -0.25) is 4.79 Å². The molecule has 1 aromatic heterocycles. The van der Waals surface area contributed by atoms with Crippen molar-refractivity contribution in [3.8, 4) is 0 Å². The van der Waals surface area contributed by atoms with Gasteiger partial charge in [0.2, 0.25) is 0 Å². The van der Waals surface area contributed by atoms with Crippen LogP contribution in [0.15, 0.2) is 16.7 Å². The van der Waals surface area contributed by atoms with Crippen molar-refractivity contribution >= 4 is 5.97 Å². The van der Waals surface area contributed by atoms with Crippen LogP contribution in [0.5, 0.6) is 0 Å². The highest BCUT2D eigenvalue weighted by atomic mass is 16.5. The van der Waals surface area contributed by atoms with Crippen LogP contribution in [-0.2, 0) is 16.0 Å². The van der Waals surface area contributed by atoms with Gasteiger partial charge in [-0.2, -0.15) is 0 Å². The molecule has 0 saturated heterocycles. The van der Waals surface area contributed by atoms with E-state index in [1.54, 1.807) is 0 Å². The summed E-state index contributed by atoms with van der Waals surface area (Å²) in [6.07, 6.45) is 30.3. The number of fused-ring (bicyclic) bond motifs is 5. The summed E-state index contributed by atoms with van der Waals surface area (Å²) in [5.41, 5.74) is 2.55. The molecule has 40 heavy (non-hydrogen) atoms. The first-order chi connectivity index (χ1) is 19.4. The molecule has 6 atom stereocenters. The van der Waals surface area contributed by atoms with Crippen LogP contribution in [0.2, 0.25) is 0 Å². The minimum Gasteiger partial charge on any atom is -0.469 e. The molecule has 1 spiro atoms. The Kier molecular flexibility index (Phi) is 10.1. The highest BCUT2D eigenvalue weighted by Crippen LogP contribution is 2.73. The Morgan fingerprint density at radius 1 is 0.900 bits per heavy atom. The van der Waals surface area contributed by atoms with Crippen LogP contribution >= 0.6 is 0 Å². The van der Waals surface area contributed by atoms with E-state index in [-0.39, 0.29) is 11.4 Å². The maximum atomic E-state index is 12.7. The van der Waals surface area contributed by atoms with E-state index in [0.29, 0.717) is 29.8 Å². The predicted molar refractivity (Wildman–Crippen MR) is 164 cm³/mol. The van der Waals surface area contributed by atoms with E-state index in [1.165, 1.54) is 133 Å². The lowest BCUT2D eigenvalue weighted by atomic mass is 9.45. The second-order valence-corrected chi connectivity index (χ2v) is 15.3. The summed E-state index contributed by atoms with van der Waals surface area (Å²) in [7, 11) is 0. The fourth-order valence-electron chi connectivity index (χ4n) is 10.4. The molecule has 226 valence electrons. The van der Waals surface area contributed by atoms with Gasteiger partial charge in [-0.05, 0) is 91.6 Å². The van der Waals surface area contributed by atoms with E-state index in [2.05, 4.69) is 26.8 Å². The first-order valence-electron chi connectivity index (χ1n) is 17.6. The number of unbranched alkanes of at least 4 members (excludes halogenated alkanes) is 12. The average Bonchev–Trinajstić information content (AvgIpc) is 3.50. The van der Waals surface area contributed by atoms with Crippen molar-refractivity contribution in [1.82, 2.24) is 0 Å². The normalized spacial score (nSPS) is 34.2. The maximum Gasteiger partial charge on any atom is 0.305 e. The molecule has 2 bridgehead atoms. The first kappa shape index (κ1) is 30.2. The lowest BCUT2D eigenvalue weighted by molar-refractivity contribution is -0.148. The molecule has 1 heterocycles. The number of rotatable bonds is 16. The Bertz CT molecular complexity index is 949. The topological polar surface area (TPSA) is 39.4 Å². The molecule has 3 nitrogen and oxygen atoms in total. The molecule has 0 amide bonds. The van der Waals surface area contributed by atoms with Crippen LogP contribution in [0.1, 0.15) is 173 Å². The molecule has 3 fully saturated rings. The number of carbonyl (C=O) groups is 1. The average molecular weight is 553 g/mol. The number of ether oxygens (including phenoxy) is 1. The van der Waals surface area contributed by atoms with Crippen molar-refractivity contribution in [1.29, 1.82) is 0 Å². The van der Waals surface area contributed by atoms with Crippen LogP contribution in [-0.4, -0.2) is 12.6 Å². The molecule has 5 rings (SSSR count). The SMILES string of the molecule is CCCCCCCCCCCCCCCC(=O)OC[C@@]1(C)C[C@@]23CCC4c5ccoc5CC[C@@]4(C)C2CC[C@@H]1C3. The maximum absolute atomic E-state index is 12.7. The van der Waals surface area contributed by atoms with Crippen molar-refractivity contribution in [3.05, 3.63) is 23.7 Å². The Morgan fingerprint density at radius 2 is 1.57 bits per heavy atom. The molecule has 0 aliphatic heterocycles. The largest absolute Gasteiger partial charge is 0.469 e. The molecule has 4 aliphatic rings. The Balaban J connectivity index is 0.991. The molecule has 0 radical (unpaired) electrons. The highest BCUT2D eigenvalue weighted by molar-refractivity contribution is 5.69. The van der Waals surface area contributed by atoms with E-state index in [9.17, 15) is 4.79 Å². The van der Waals surface area contributed by atoms with Crippen LogP contribution in [0, 0.1) is 28.1 Å². The second-order valence-electron chi connectivity index (χ2n) is 15.3. The van der Waals surface area contributed by atoms with Gasteiger partial charge in [0.1, 0.15) is 5.76 Å². The lowest BCUT2D eigenvalue weighted by Gasteiger charge is -2.59. The number of furan rings is 1. The van der Waals surface area contributed by atoms with Crippen molar-refractivity contribution in [2.45, 2.75) is 168 Å². The van der Waals surface area contributed by atoms with E-state index >= 15 is 0 Å². The van der Waals surface area contributed by atoms with Gasteiger partial charge in [0.25, 0.3) is 0 Å². The summed E-state index contributed by atoms with van der Waals surface area (Å²) in [6, 6.07) is 2.27. The third-order valence-electron chi connectivity index (χ3n) is 12.6. The van der Waals surface area contributed by atoms with Gasteiger partial charge in [0.05, 0.1) is 12.9 Å². The van der Waals surface area contributed by atoms with Gasteiger partial charge < -0.3 is 9.15 Å². The molecule has 3 saturated carbocycles. The fourth-order valence-corrected chi connectivity index (χ4v) is 10.4. The van der Waals surface area contributed by atoms with Crippen LogP contribution in [0.4, 0.5) is 0 Å².